The van der Waals surface area contributed by atoms with Gasteiger partial charge >= 0.3 is 0 Å². The maximum Gasteiger partial charge on any atom is 0.254 e. The van der Waals surface area contributed by atoms with E-state index in [4.69, 9.17) is 10.2 Å². The minimum absolute atomic E-state index is 0.149. The Morgan fingerprint density at radius 3 is 2.59 bits per heavy atom. The molecule has 1 aromatic carbocycles. The predicted octanol–water partition coefficient (Wildman–Crippen LogP) is 4.25. The smallest absolute Gasteiger partial charge is 0.254 e. The van der Waals surface area contributed by atoms with Crippen LogP contribution in [-0.4, -0.2) is 29.4 Å². The van der Waals surface area contributed by atoms with E-state index in [0.29, 0.717) is 6.54 Å². The summed E-state index contributed by atoms with van der Waals surface area (Å²) in [5.74, 6) is 2.08. The van der Waals surface area contributed by atoms with Crippen LogP contribution in [-0.2, 0) is 12.8 Å². The molecule has 2 heterocycles. The van der Waals surface area contributed by atoms with E-state index in [-0.39, 0.29) is 11.4 Å². The largest absolute Gasteiger partial charge is 0.466 e. The first-order chi connectivity index (χ1) is 12.7. The Morgan fingerprint density at radius 2 is 1.93 bits per heavy atom. The molecule has 27 heavy (non-hydrogen) atoms. The summed E-state index contributed by atoms with van der Waals surface area (Å²) in [6.07, 6.45) is 3.52. The van der Waals surface area contributed by atoms with Gasteiger partial charge in [0, 0.05) is 24.2 Å². The Balaban J connectivity index is 1.59. The second-order valence-corrected chi connectivity index (χ2v) is 8.42. The first kappa shape index (κ1) is 19.7. The normalized spacial score (nSPS) is 16.4. The zero-order valence-electron chi connectivity index (χ0n) is 17.3. The van der Waals surface area contributed by atoms with Gasteiger partial charge in [-0.15, -0.1) is 0 Å². The van der Waals surface area contributed by atoms with Gasteiger partial charge in [0.1, 0.15) is 11.5 Å². The lowest BCUT2D eigenvalue weighted by molar-refractivity contribution is 0.0726. The summed E-state index contributed by atoms with van der Waals surface area (Å²) >= 11 is 0. The van der Waals surface area contributed by atoms with Crippen molar-refractivity contribution in [1.29, 1.82) is 0 Å². The third kappa shape index (κ3) is 4.27. The zero-order valence-corrected chi connectivity index (χ0v) is 17.3. The van der Waals surface area contributed by atoms with Gasteiger partial charge in [-0.25, -0.2) is 0 Å². The molecule has 1 aliphatic heterocycles. The number of carbonyl (C=O) groups is 1. The summed E-state index contributed by atoms with van der Waals surface area (Å²) in [5, 5.41) is 0. The van der Waals surface area contributed by atoms with Crippen molar-refractivity contribution in [1.82, 2.24) is 4.90 Å². The van der Waals surface area contributed by atoms with Crippen LogP contribution in [0.2, 0.25) is 0 Å². The van der Waals surface area contributed by atoms with Crippen molar-refractivity contribution in [2.45, 2.75) is 65.8 Å². The van der Waals surface area contributed by atoms with Crippen molar-refractivity contribution in [3.05, 3.63) is 57.5 Å². The summed E-state index contributed by atoms with van der Waals surface area (Å²) in [7, 11) is 0. The Bertz CT molecular complexity index is 848. The van der Waals surface area contributed by atoms with Crippen LogP contribution in [0.1, 0.15) is 63.9 Å². The predicted molar refractivity (Wildman–Crippen MR) is 109 cm³/mol. The Kier molecular flexibility index (Phi) is 5.48. The van der Waals surface area contributed by atoms with E-state index < -0.39 is 0 Å². The summed E-state index contributed by atoms with van der Waals surface area (Å²) in [6.45, 7) is 11.8. The molecule has 4 heteroatoms. The average Bonchev–Trinajstić information content (AvgIpc) is 2.93. The quantitative estimate of drug-likeness (QED) is 0.829. The molecule has 1 amide bonds. The van der Waals surface area contributed by atoms with E-state index in [1.54, 1.807) is 0 Å². The molecule has 0 saturated heterocycles. The minimum atomic E-state index is -0.304. The van der Waals surface area contributed by atoms with Gasteiger partial charge in [0.2, 0.25) is 0 Å². The van der Waals surface area contributed by atoms with Gasteiger partial charge in [-0.3, -0.25) is 4.79 Å². The number of amides is 1. The van der Waals surface area contributed by atoms with Crippen molar-refractivity contribution < 1.29 is 9.21 Å². The number of furan rings is 1. The van der Waals surface area contributed by atoms with Crippen molar-refractivity contribution >= 4 is 5.91 Å². The molecule has 0 saturated carbocycles. The number of hydrogen-bond acceptors (Lipinski definition) is 3. The standard InChI is InChI=1S/C23H32N2O2/c1-15-6-7-21-20(17(15)3)9-12-25(22(21)26)13-11-23(5,24)10-8-19-14-16(2)27-18(19)4/h6-7,14H,8-13,24H2,1-5H3. The first-order valence-corrected chi connectivity index (χ1v) is 9.91. The van der Waals surface area contributed by atoms with Gasteiger partial charge in [0.05, 0.1) is 0 Å². The number of fused-ring (bicyclic) bond motifs is 1. The lowest BCUT2D eigenvalue weighted by Gasteiger charge is -2.33. The molecule has 3 rings (SSSR count). The molecule has 2 N–H and O–H groups in total. The van der Waals surface area contributed by atoms with Crippen molar-refractivity contribution in [2.24, 2.45) is 5.73 Å². The highest BCUT2D eigenvalue weighted by Gasteiger charge is 2.28. The van der Waals surface area contributed by atoms with E-state index in [1.165, 1.54) is 22.3 Å². The Hall–Kier alpha value is -2.07. The molecule has 0 radical (unpaired) electrons. The monoisotopic (exact) mass is 368 g/mol. The summed E-state index contributed by atoms with van der Waals surface area (Å²) in [6, 6.07) is 6.14. The van der Waals surface area contributed by atoms with Crippen molar-refractivity contribution in [3.8, 4) is 0 Å². The molecule has 4 nitrogen and oxygen atoms in total. The number of hydrogen-bond donors (Lipinski definition) is 1. The van der Waals surface area contributed by atoms with E-state index in [0.717, 1.165) is 49.3 Å². The Morgan fingerprint density at radius 1 is 1.19 bits per heavy atom. The molecule has 1 atom stereocenters. The zero-order chi connectivity index (χ0) is 19.8. The molecule has 0 fully saturated rings. The maximum absolute atomic E-state index is 12.9. The van der Waals surface area contributed by atoms with E-state index >= 15 is 0 Å². The fraction of sp³-hybridized carbons (Fsp3) is 0.522. The minimum Gasteiger partial charge on any atom is -0.466 e. The second-order valence-electron chi connectivity index (χ2n) is 8.42. The third-order valence-corrected chi connectivity index (χ3v) is 6.08. The summed E-state index contributed by atoms with van der Waals surface area (Å²) < 4.78 is 5.61. The fourth-order valence-electron chi connectivity index (χ4n) is 4.00. The van der Waals surface area contributed by atoms with E-state index in [1.807, 2.05) is 24.8 Å². The number of nitrogens with two attached hydrogens (primary N) is 1. The van der Waals surface area contributed by atoms with Crippen molar-refractivity contribution in [3.63, 3.8) is 0 Å². The SMILES string of the molecule is Cc1cc(CCC(C)(N)CCN2CCc3c(ccc(C)c3C)C2=O)c(C)o1. The third-order valence-electron chi connectivity index (χ3n) is 6.08. The van der Waals surface area contributed by atoms with E-state index in [2.05, 4.69) is 32.9 Å². The lowest BCUT2D eigenvalue weighted by Crippen LogP contribution is -2.44. The Labute approximate surface area is 162 Å². The van der Waals surface area contributed by atoms with Crippen LogP contribution in [0.4, 0.5) is 0 Å². The molecular weight excluding hydrogens is 336 g/mol. The van der Waals surface area contributed by atoms with Crippen LogP contribution >= 0.6 is 0 Å². The number of carbonyl (C=O) groups excluding carboxylic acids is 1. The number of benzene rings is 1. The topological polar surface area (TPSA) is 59.5 Å². The van der Waals surface area contributed by atoms with Gasteiger partial charge in [-0.2, -0.15) is 0 Å². The van der Waals surface area contributed by atoms with Crippen LogP contribution in [0.15, 0.2) is 22.6 Å². The molecule has 1 aromatic heterocycles. The second kappa shape index (κ2) is 7.51. The molecular formula is C23H32N2O2. The summed E-state index contributed by atoms with van der Waals surface area (Å²) in [4.78, 5) is 14.9. The van der Waals surface area contributed by atoms with Gasteiger partial charge in [0.25, 0.3) is 5.91 Å². The highest BCUT2D eigenvalue weighted by atomic mass is 16.3. The van der Waals surface area contributed by atoms with Crippen LogP contribution < -0.4 is 5.73 Å². The van der Waals surface area contributed by atoms with Crippen LogP contribution in [0, 0.1) is 27.7 Å². The van der Waals surface area contributed by atoms with Crippen LogP contribution in [0.25, 0.3) is 0 Å². The van der Waals surface area contributed by atoms with E-state index in [9.17, 15) is 4.79 Å². The lowest BCUT2D eigenvalue weighted by atomic mass is 9.89. The van der Waals surface area contributed by atoms with Gasteiger partial charge in [-0.1, -0.05) is 6.07 Å². The number of rotatable bonds is 6. The fourth-order valence-corrected chi connectivity index (χ4v) is 4.00. The molecule has 0 spiro atoms. The molecule has 146 valence electrons. The van der Waals surface area contributed by atoms with Crippen LogP contribution in [0.3, 0.4) is 0 Å². The summed E-state index contributed by atoms with van der Waals surface area (Å²) in [5.41, 5.74) is 12.1. The van der Waals surface area contributed by atoms with Gasteiger partial charge in [0.15, 0.2) is 0 Å². The first-order valence-electron chi connectivity index (χ1n) is 9.91. The molecule has 0 bridgehead atoms. The highest BCUT2D eigenvalue weighted by Crippen LogP contribution is 2.26. The maximum atomic E-state index is 12.9. The number of aryl methyl sites for hydroxylation is 4. The highest BCUT2D eigenvalue weighted by molar-refractivity contribution is 5.97. The van der Waals surface area contributed by atoms with Crippen LogP contribution in [0.5, 0.6) is 0 Å². The average molecular weight is 369 g/mol. The van der Waals surface area contributed by atoms with Crippen molar-refractivity contribution in [2.75, 3.05) is 13.1 Å². The van der Waals surface area contributed by atoms with Gasteiger partial charge < -0.3 is 15.1 Å². The van der Waals surface area contributed by atoms with Gasteiger partial charge in [-0.05, 0) is 94.7 Å². The number of nitrogens with zero attached hydrogens (tertiary/aromatic N) is 1. The molecule has 1 unspecified atom stereocenters. The molecule has 1 aliphatic rings. The molecule has 2 aromatic rings. The molecule has 0 aliphatic carbocycles.